The molecule has 0 unspecified atom stereocenters. The number of hydrogen-bond acceptors (Lipinski definition) is 4. The monoisotopic (exact) mass is 295 g/mol. The van der Waals surface area contributed by atoms with Gasteiger partial charge in [-0.2, -0.15) is 0 Å². The Balaban J connectivity index is 2.02. The van der Waals surface area contributed by atoms with Crippen molar-refractivity contribution in [2.45, 2.75) is 19.9 Å². The Morgan fingerprint density at radius 3 is 2.94 bits per heavy atom. The number of anilines is 2. The van der Waals surface area contributed by atoms with Crippen molar-refractivity contribution >= 4 is 27.3 Å². The van der Waals surface area contributed by atoms with Crippen LogP contribution in [0.25, 0.3) is 0 Å². The first-order chi connectivity index (χ1) is 8.19. The number of nitrogens with one attached hydrogen (secondary N) is 1. The molecule has 0 radical (unpaired) electrons. The van der Waals surface area contributed by atoms with Gasteiger partial charge in [0.2, 0.25) is 5.89 Å². The average molecular weight is 296 g/mol. The van der Waals surface area contributed by atoms with Gasteiger partial charge in [-0.1, -0.05) is 22.9 Å². The molecule has 3 N–H and O–H groups in total. The quantitative estimate of drug-likeness (QED) is 0.850. The van der Waals surface area contributed by atoms with Crippen LogP contribution in [0.5, 0.6) is 0 Å². The maximum atomic E-state index is 5.87. The number of nitrogens with zero attached hydrogens (tertiary/aromatic N) is 1. The summed E-state index contributed by atoms with van der Waals surface area (Å²) in [6, 6.07) is 5.71. The fourth-order valence-corrected chi connectivity index (χ4v) is 1.84. The fourth-order valence-electron chi connectivity index (χ4n) is 1.46. The minimum atomic E-state index is 0.534. The van der Waals surface area contributed by atoms with Crippen LogP contribution < -0.4 is 11.1 Å². The molecule has 4 nitrogen and oxygen atoms in total. The highest BCUT2D eigenvalue weighted by Crippen LogP contribution is 2.23. The van der Waals surface area contributed by atoms with Crippen LogP contribution in [-0.4, -0.2) is 4.98 Å². The minimum Gasteiger partial charge on any atom is -0.444 e. The van der Waals surface area contributed by atoms with E-state index in [2.05, 4.69) is 26.2 Å². The number of aromatic nitrogens is 1. The number of nitrogens with two attached hydrogens (primary N) is 1. The van der Waals surface area contributed by atoms with Crippen LogP contribution >= 0.6 is 15.9 Å². The van der Waals surface area contributed by atoms with Crippen molar-refractivity contribution in [2.24, 2.45) is 0 Å². The van der Waals surface area contributed by atoms with Gasteiger partial charge in [-0.05, 0) is 18.2 Å². The lowest BCUT2D eigenvalue weighted by Gasteiger charge is -2.07. The first kappa shape index (κ1) is 12.0. The zero-order chi connectivity index (χ0) is 12.3. The number of nitrogen functional groups attached to an aromatic ring is 1. The first-order valence-corrected chi connectivity index (χ1v) is 6.21. The second-order valence-electron chi connectivity index (χ2n) is 3.66. The van der Waals surface area contributed by atoms with Crippen molar-refractivity contribution in [3.8, 4) is 0 Å². The molecule has 17 heavy (non-hydrogen) atoms. The molecule has 1 aromatic carbocycles. The summed E-state index contributed by atoms with van der Waals surface area (Å²) in [6.45, 7) is 2.57. The molecule has 1 heterocycles. The van der Waals surface area contributed by atoms with E-state index in [1.807, 2.05) is 25.1 Å². The molecule has 0 aliphatic carbocycles. The van der Waals surface area contributed by atoms with E-state index < -0.39 is 0 Å². The molecule has 0 aliphatic heterocycles. The van der Waals surface area contributed by atoms with Crippen LogP contribution in [0.4, 0.5) is 11.4 Å². The zero-order valence-corrected chi connectivity index (χ0v) is 11.1. The Kier molecular flexibility index (Phi) is 3.68. The predicted molar refractivity (Wildman–Crippen MR) is 71.8 cm³/mol. The van der Waals surface area contributed by atoms with E-state index >= 15 is 0 Å². The second kappa shape index (κ2) is 5.23. The third-order valence-corrected chi connectivity index (χ3v) is 2.89. The van der Waals surface area contributed by atoms with Crippen LogP contribution in [0.15, 0.2) is 33.3 Å². The van der Waals surface area contributed by atoms with Crippen molar-refractivity contribution in [3.63, 3.8) is 0 Å². The molecular weight excluding hydrogens is 282 g/mol. The number of benzene rings is 1. The largest absolute Gasteiger partial charge is 0.444 e. The summed E-state index contributed by atoms with van der Waals surface area (Å²) in [6.07, 6.45) is 2.61. The van der Waals surface area contributed by atoms with Crippen molar-refractivity contribution < 1.29 is 4.42 Å². The zero-order valence-electron chi connectivity index (χ0n) is 9.53. The van der Waals surface area contributed by atoms with Crippen molar-refractivity contribution in [2.75, 3.05) is 11.1 Å². The lowest BCUT2D eigenvalue weighted by molar-refractivity contribution is 0.466. The third kappa shape index (κ3) is 3.00. The summed E-state index contributed by atoms with van der Waals surface area (Å²) in [7, 11) is 0. The van der Waals surface area contributed by atoms with Gasteiger partial charge in [-0.3, -0.25) is 0 Å². The van der Waals surface area contributed by atoms with Gasteiger partial charge in [-0.15, -0.1) is 0 Å². The number of halogens is 1. The number of hydrogen-bond donors (Lipinski definition) is 2. The molecule has 2 aromatic rings. The number of rotatable bonds is 4. The maximum absolute atomic E-state index is 5.87. The summed E-state index contributed by atoms with van der Waals surface area (Å²) in [5, 5.41) is 3.19. The van der Waals surface area contributed by atoms with E-state index in [1.165, 1.54) is 0 Å². The maximum Gasteiger partial charge on any atom is 0.213 e. The van der Waals surface area contributed by atoms with Gasteiger partial charge < -0.3 is 15.5 Å². The van der Waals surface area contributed by atoms with Crippen LogP contribution in [0.1, 0.15) is 18.6 Å². The molecule has 0 atom stereocenters. The van der Waals surface area contributed by atoms with Crippen molar-refractivity contribution in [3.05, 3.63) is 40.5 Å². The van der Waals surface area contributed by atoms with E-state index in [-0.39, 0.29) is 0 Å². The molecule has 5 heteroatoms. The molecule has 0 spiro atoms. The smallest absolute Gasteiger partial charge is 0.213 e. The molecule has 0 bridgehead atoms. The Morgan fingerprint density at radius 2 is 2.29 bits per heavy atom. The van der Waals surface area contributed by atoms with E-state index in [4.69, 9.17) is 10.2 Å². The average Bonchev–Trinajstić information content (AvgIpc) is 2.76. The summed E-state index contributed by atoms with van der Waals surface area (Å²) in [4.78, 5) is 4.17. The van der Waals surface area contributed by atoms with Crippen molar-refractivity contribution in [1.29, 1.82) is 0 Å². The van der Waals surface area contributed by atoms with Gasteiger partial charge in [-0.25, -0.2) is 4.98 Å². The molecule has 0 saturated heterocycles. The van der Waals surface area contributed by atoms with E-state index in [0.717, 1.165) is 22.3 Å². The fraction of sp³-hybridized carbons (Fsp3) is 0.250. The van der Waals surface area contributed by atoms with Crippen LogP contribution in [0, 0.1) is 0 Å². The van der Waals surface area contributed by atoms with Crippen LogP contribution in [0.3, 0.4) is 0 Å². The summed E-state index contributed by atoms with van der Waals surface area (Å²) in [5.74, 6) is 1.56. The minimum absolute atomic E-state index is 0.534. The van der Waals surface area contributed by atoms with Gasteiger partial charge in [0.25, 0.3) is 0 Å². The highest BCUT2D eigenvalue weighted by atomic mass is 79.9. The van der Waals surface area contributed by atoms with Gasteiger partial charge in [0.1, 0.15) is 5.76 Å². The Hall–Kier alpha value is -1.49. The highest BCUT2D eigenvalue weighted by Gasteiger charge is 2.04. The van der Waals surface area contributed by atoms with E-state index in [0.29, 0.717) is 18.1 Å². The van der Waals surface area contributed by atoms with Gasteiger partial charge in [0.05, 0.1) is 24.1 Å². The Morgan fingerprint density at radius 1 is 1.47 bits per heavy atom. The topological polar surface area (TPSA) is 64.1 Å². The first-order valence-electron chi connectivity index (χ1n) is 5.41. The van der Waals surface area contributed by atoms with Crippen LogP contribution in [-0.2, 0) is 13.0 Å². The second-order valence-corrected chi connectivity index (χ2v) is 4.57. The SMILES string of the molecule is CCc1cnc(CNc2ccc(Br)cc2N)o1. The normalized spacial score (nSPS) is 10.5. The lowest BCUT2D eigenvalue weighted by Crippen LogP contribution is -2.02. The molecule has 1 aromatic heterocycles. The molecule has 0 aliphatic rings. The standard InChI is InChI=1S/C12H14BrN3O/c1-2-9-6-16-12(17-9)7-15-11-4-3-8(13)5-10(11)14/h3-6,15H,2,7,14H2,1H3. The van der Waals surface area contributed by atoms with Crippen LogP contribution in [0.2, 0.25) is 0 Å². The summed E-state index contributed by atoms with van der Waals surface area (Å²) >= 11 is 3.37. The third-order valence-electron chi connectivity index (χ3n) is 2.39. The molecule has 0 fully saturated rings. The molecule has 2 rings (SSSR count). The molecule has 90 valence electrons. The van der Waals surface area contributed by atoms with Gasteiger partial charge >= 0.3 is 0 Å². The molecular formula is C12H14BrN3O. The molecule has 0 saturated carbocycles. The Labute approximate surface area is 108 Å². The van der Waals surface area contributed by atoms with Gasteiger partial charge in [0, 0.05) is 10.9 Å². The summed E-state index contributed by atoms with van der Waals surface area (Å²) < 4.78 is 6.46. The summed E-state index contributed by atoms with van der Waals surface area (Å²) in [5.41, 5.74) is 7.45. The van der Waals surface area contributed by atoms with E-state index in [9.17, 15) is 0 Å². The highest BCUT2D eigenvalue weighted by molar-refractivity contribution is 9.10. The predicted octanol–water partition coefficient (Wildman–Crippen LogP) is 3.19. The molecule has 0 amide bonds. The van der Waals surface area contributed by atoms with E-state index in [1.54, 1.807) is 6.20 Å². The lowest BCUT2D eigenvalue weighted by atomic mass is 10.3. The number of aryl methyl sites for hydroxylation is 1. The van der Waals surface area contributed by atoms with Crippen molar-refractivity contribution in [1.82, 2.24) is 4.98 Å². The van der Waals surface area contributed by atoms with Gasteiger partial charge in [0.15, 0.2) is 0 Å². The number of oxazole rings is 1. The Bertz CT molecular complexity index is 510.